The fourth-order valence-electron chi connectivity index (χ4n) is 4.50. The topological polar surface area (TPSA) is 119 Å². The molecule has 172 valence electrons. The van der Waals surface area contributed by atoms with Gasteiger partial charge < -0.3 is 21.5 Å². The molecule has 8 nitrogen and oxygen atoms in total. The fraction of sp³-hybridized carbons (Fsp3) is 0.375. The quantitative estimate of drug-likeness (QED) is 0.560. The Balaban J connectivity index is 1.63. The maximum Gasteiger partial charge on any atom is 0.225 e. The molecule has 0 saturated carbocycles. The summed E-state index contributed by atoms with van der Waals surface area (Å²) >= 11 is 0. The minimum absolute atomic E-state index is 0.174. The third kappa shape index (κ3) is 3.92. The lowest BCUT2D eigenvalue weighted by Gasteiger charge is -2.34. The first-order chi connectivity index (χ1) is 15.8. The minimum atomic E-state index is -0.663. The summed E-state index contributed by atoms with van der Waals surface area (Å²) in [6, 6.07) is 5.11. The Kier molecular flexibility index (Phi) is 5.48. The number of fused-ring (bicyclic) bond motifs is 1. The van der Waals surface area contributed by atoms with Crippen molar-refractivity contribution in [2.45, 2.75) is 31.5 Å². The molecular formula is C24H28FN7O. The van der Waals surface area contributed by atoms with Crippen molar-refractivity contribution >= 4 is 22.4 Å². The number of nitrogens with zero attached hydrogens (tertiary/aromatic N) is 5. The molecular weight excluding hydrogens is 421 g/mol. The van der Waals surface area contributed by atoms with Crippen LogP contribution in [0.5, 0.6) is 0 Å². The number of halogens is 1. The molecule has 1 aromatic carbocycles. The zero-order valence-corrected chi connectivity index (χ0v) is 18.7. The van der Waals surface area contributed by atoms with Crippen molar-refractivity contribution < 1.29 is 9.50 Å². The number of piperidine rings is 1. The minimum Gasteiger partial charge on any atom is -0.390 e. The zero-order valence-electron chi connectivity index (χ0n) is 18.7. The summed E-state index contributed by atoms with van der Waals surface area (Å²) < 4.78 is 16.5. The van der Waals surface area contributed by atoms with Gasteiger partial charge in [-0.2, -0.15) is 5.10 Å². The Morgan fingerprint density at radius 3 is 2.79 bits per heavy atom. The van der Waals surface area contributed by atoms with E-state index in [-0.39, 0.29) is 17.8 Å². The van der Waals surface area contributed by atoms with Gasteiger partial charge in [0.05, 0.1) is 29.6 Å². The molecule has 2 aromatic heterocycles. The molecule has 5 N–H and O–H groups in total. The molecule has 2 aliphatic rings. The highest BCUT2D eigenvalue weighted by Gasteiger charge is 2.28. The van der Waals surface area contributed by atoms with Crippen LogP contribution in [0.4, 0.5) is 10.3 Å². The van der Waals surface area contributed by atoms with Crippen LogP contribution in [0.25, 0.3) is 27.6 Å². The van der Waals surface area contributed by atoms with Crippen LogP contribution in [-0.2, 0) is 7.05 Å². The Hall–Kier alpha value is -3.14. The molecule has 9 heteroatoms. The monoisotopic (exact) mass is 449 g/mol. The molecule has 0 radical (unpaired) electrons. The van der Waals surface area contributed by atoms with E-state index in [4.69, 9.17) is 16.5 Å². The largest absolute Gasteiger partial charge is 0.390 e. The molecule has 5 rings (SSSR count). The van der Waals surface area contributed by atoms with Crippen molar-refractivity contribution in [2.75, 3.05) is 18.0 Å². The number of aryl methyl sites for hydroxylation is 1. The number of benzene rings is 1. The summed E-state index contributed by atoms with van der Waals surface area (Å²) in [5.74, 6) is -0.0561. The Morgan fingerprint density at radius 2 is 2.03 bits per heavy atom. The van der Waals surface area contributed by atoms with Crippen LogP contribution in [0, 0.1) is 5.92 Å². The van der Waals surface area contributed by atoms with Gasteiger partial charge in [-0.05, 0) is 41.7 Å². The van der Waals surface area contributed by atoms with Crippen molar-refractivity contribution in [2.24, 2.45) is 24.4 Å². The fourth-order valence-corrected chi connectivity index (χ4v) is 4.50. The first-order valence-electron chi connectivity index (χ1n) is 11.1. The molecule has 3 heterocycles. The summed E-state index contributed by atoms with van der Waals surface area (Å²) in [6.07, 6.45) is 6.98. The van der Waals surface area contributed by atoms with E-state index < -0.39 is 12.1 Å². The lowest BCUT2D eigenvalue weighted by atomic mass is 9.89. The number of rotatable bonds is 3. The molecule has 3 aromatic rings. The van der Waals surface area contributed by atoms with Gasteiger partial charge >= 0.3 is 0 Å². The van der Waals surface area contributed by atoms with Gasteiger partial charge in [-0.25, -0.2) is 14.4 Å². The Labute approximate surface area is 191 Å². The van der Waals surface area contributed by atoms with Crippen LogP contribution >= 0.6 is 0 Å². The number of allylic oxidation sites excluding steroid dienone is 2. The van der Waals surface area contributed by atoms with Gasteiger partial charge in [0.15, 0.2) is 0 Å². The number of aliphatic hydroxyl groups is 1. The van der Waals surface area contributed by atoms with Crippen molar-refractivity contribution in [3.63, 3.8) is 0 Å². The molecule has 4 atom stereocenters. The maximum absolute atomic E-state index is 14.6. The van der Waals surface area contributed by atoms with Crippen molar-refractivity contribution in [1.29, 1.82) is 0 Å². The number of hydrogen-bond donors (Lipinski definition) is 3. The van der Waals surface area contributed by atoms with E-state index in [1.165, 1.54) is 6.08 Å². The summed E-state index contributed by atoms with van der Waals surface area (Å²) in [6.45, 7) is 2.89. The summed E-state index contributed by atoms with van der Waals surface area (Å²) in [4.78, 5) is 11.4. The average molecular weight is 450 g/mol. The number of aromatic nitrogens is 4. The molecule has 4 unspecified atom stereocenters. The third-order valence-corrected chi connectivity index (χ3v) is 6.64. The van der Waals surface area contributed by atoms with Gasteiger partial charge in [-0.1, -0.05) is 19.1 Å². The van der Waals surface area contributed by atoms with Crippen molar-refractivity contribution in [1.82, 2.24) is 19.7 Å². The van der Waals surface area contributed by atoms with Crippen molar-refractivity contribution in [3.05, 3.63) is 54.3 Å². The summed E-state index contributed by atoms with van der Waals surface area (Å²) in [5, 5.41) is 15.6. The third-order valence-electron chi connectivity index (χ3n) is 6.64. The van der Waals surface area contributed by atoms with Crippen LogP contribution in [-0.4, -0.2) is 56.1 Å². The van der Waals surface area contributed by atoms with Crippen LogP contribution in [0.15, 0.2) is 48.6 Å². The highest BCUT2D eigenvalue weighted by molar-refractivity contribution is 5.89. The zero-order chi connectivity index (χ0) is 23.3. The van der Waals surface area contributed by atoms with E-state index >= 15 is 0 Å². The average Bonchev–Trinajstić information content (AvgIpc) is 3.18. The predicted molar refractivity (Wildman–Crippen MR) is 127 cm³/mol. The SMILES string of the molecule is CC1C=C(c2nc(N3CCC(N)C(O)C3)ncc2-c2ccc3c(cnn3C)c2)C=C(F)C1N. The highest BCUT2D eigenvalue weighted by Crippen LogP contribution is 2.35. The summed E-state index contributed by atoms with van der Waals surface area (Å²) in [7, 11) is 1.90. The standard InChI is InChI=1S/C24H28FN7O/c1-13-7-15(9-18(25)22(13)27)23-17(14-3-4-20-16(8-14)10-29-31(20)2)11-28-24(30-23)32-6-5-19(26)21(33)12-32/h3-4,7-11,13,19,21-22,33H,5-6,12,26-27H2,1-2H3. The van der Waals surface area contributed by atoms with E-state index in [1.807, 2.05) is 54.0 Å². The van der Waals surface area contributed by atoms with Gasteiger partial charge in [0.2, 0.25) is 5.95 Å². The maximum atomic E-state index is 14.6. The van der Waals surface area contributed by atoms with E-state index in [0.29, 0.717) is 36.7 Å². The first-order valence-corrected chi connectivity index (χ1v) is 11.1. The lowest BCUT2D eigenvalue weighted by Crippen LogP contribution is -2.51. The van der Waals surface area contributed by atoms with Gasteiger partial charge in [0.1, 0.15) is 5.83 Å². The molecule has 1 saturated heterocycles. The van der Waals surface area contributed by atoms with Crippen molar-refractivity contribution in [3.8, 4) is 11.1 Å². The number of hydrogen-bond acceptors (Lipinski definition) is 7. The Bertz CT molecular complexity index is 1270. The van der Waals surface area contributed by atoms with E-state index in [9.17, 15) is 9.50 Å². The lowest BCUT2D eigenvalue weighted by molar-refractivity contribution is 0.131. The van der Waals surface area contributed by atoms with Crippen LogP contribution in [0.1, 0.15) is 19.0 Å². The van der Waals surface area contributed by atoms with E-state index in [2.05, 4.69) is 10.1 Å². The highest BCUT2D eigenvalue weighted by atomic mass is 19.1. The molecule has 1 aliphatic carbocycles. The van der Waals surface area contributed by atoms with Gasteiger partial charge in [0, 0.05) is 43.3 Å². The summed E-state index contributed by atoms with van der Waals surface area (Å²) in [5.41, 5.74) is 15.9. The number of β-amino-alcohol motifs (C(OH)–C–C–N with tert-alkyl or cyclic N) is 1. The van der Waals surface area contributed by atoms with Crippen LogP contribution in [0.3, 0.4) is 0 Å². The van der Waals surface area contributed by atoms with Gasteiger partial charge in [-0.15, -0.1) is 0 Å². The molecule has 1 fully saturated rings. The smallest absolute Gasteiger partial charge is 0.225 e. The molecule has 0 bridgehead atoms. The second kappa shape index (κ2) is 8.33. The number of nitrogens with two attached hydrogens (primary N) is 2. The predicted octanol–water partition coefficient (Wildman–Crippen LogP) is 2.14. The van der Waals surface area contributed by atoms with Crippen LogP contribution < -0.4 is 16.4 Å². The molecule has 0 amide bonds. The molecule has 1 aliphatic heterocycles. The second-order valence-electron chi connectivity index (χ2n) is 8.98. The number of anilines is 1. The normalized spacial score (nSPS) is 25.8. The number of aliphatic hydroxyl groups excluding tert-OH is 1. The first kappa shape index (κ1) is 21.7. The molecule has 33 heavy (non-hydrogen) atoms. The Morgan fingerprint density at radius 1 is 1.21 bits per heavy atom. The molecule has 0 spiro atoms. The van der Waals surface area contributed by atoms with Gasteiger partial charge in [-0.3, -0.25) is 4.68 Å². The van der Waals surface area contributed by atoms with E-state index in [1.54, 1.807) is 6.20 Å². The van der Waals surface area contributed by atoms with Crippen LogP contribution in [0.2, 0.25) is 0 Å². The second-order valence-corrected chi connectivity index (χ2v) is 8.98. The van der Waals surface area contributed by atoms with Gasteiger partial charge in [0.25, 0.3) is 0 Å². The van der Waals surface area contributed by atoms with E-state index in [0.717, 1.165) is 22.0 Å².